The van der Waals surface area contributed by atoms with Gasteiger partial charge in [0.05, 0.1) is 6.10 Å². The summed E-state index contributed by atoms with van der Waals surface area (Å²) in [6.07, 6.45) is 4.56. The lowest BCUT2D eigenvalue weighted by Crippen LogP contribution is -2.52. The summed E-state index contributed by atoms with van der Waals surface area (Å²) in [5.41, 5.74) is 0.790. The van der Waals surface area contributed by atoms with E-state index in [-0.39, 0.29) is 0 Å². The average molecular weight is 196 g/mol. The van der Waals surface area contributed by atoms with E-state index in [1.165, 1.54) is 32.4 Å². The van der Waals surface area contributed by atoms with Crippen LogP contribution in [0.5, 0.6) is 0 Å². The maximum absolute atomic E-state index is 5.79. The van der Waals surface area contributed by atoms with Gasteiger partial charge in [-0.1, -0.05) is 0 Å². The Morgan fingerprint density at radius 3 is 3.00 bits per heavy atom. The zero-order valence-corrected chi connectivity index (χ0v) is 8.80. The summed E-state index contributed by atoms with van der Waals surface area (Å²) in [5, 5.41) is 3.44. The third-order valence-corrected chi connectivity index (χ3v) is 3.76. The maximum atomic E-state index is 5.79. The van der Waals surface area contributed by atoms with Crippen LogP contribution in [-0.4, -0.2) is 50.3 Å². The van der Waals surface area contributed by atoms with E-state index in [0.29, 0.717) is 6.10 Å². The van der Waals surface area contributed by atoms with E-state index >= 15 is 0 Å². The number of likely N-dealkylation sites (tertiary alicyclic amines) is 1. The molecule has 14 heavy (non-hydrogen) atoms. The van der Waals surface area contributed by atoms with Gasteiger partial charge in [0.1, 0.15) is 0 Å². The molecule has 3 heteroatoms. The number of rotatable bonds is 2. The van der Waals surface area contributed by atoms with Crippen LogP contribution >= 0.6 is 0 Å². The van der Waals surface area contributed by atoms with Crippen molar-refractivity contribution >= 4 is 0 Å². The molecular formula is C11H20N2O. The van der Waals surface area contributed by atoms with Gasteiger partial charge in [0, 0.05) is 32.8 Å². The highest BCUT2D eigenvalue weighted by Crippen LogP contribution is 2.52. The largest absolute Gasteiger partial charge is 0.376 e. The second-order valence-electron chi connectivity index (χ2n) is 5.22. The third kappa shape index (κ3) is 1.81. The van der Waals surface area contributed by atoms with Crippen molar-refractivity contribution in [1.82, 2.24) is 10.2 Å². The van der Waals surface area contributed by atoms with Crippen molar-refractivity contribution in [2.45, 2.75) is 25.4 Å². The molecule has 3 rings (SSSR count). The maximum Gasteiger partial charge on any atom is 0.0826 e. The third-order valence-electron chi connectivity index (χ3n) is 3.76. The first-order valence-electron chi connectivity index (χ1n) is 5.91. The average Bonchev–Trinajstić information content (AvgIpc) is 2.88. The Balaban J connectivity index is 1.42. The number of hydrogen-bond acceptors (Lipinski definition) is 3. The summed E-state index contributed by atoms with van der Waals surface area (Å²) < 4.78 is 5.79. The molecular weight excluding hydrogens is 176 g/mol. The molecule has 2 aliphatic heterocycles. The minimum atomic E-state index is 0.439. The van der Waals surface area contributed by atoms with Crippen LogP contribution in [0, 0.1) is 5.41 Å². The lowest BCUT2D eigenvalue weighted by molar-refractivity contribution is -0.00488. The van der Waals surface area contributed by atoms with Gasteiger partial charge < -0.3 is 10.1 Å². The topological polar surface area (TPSA) is 24.5 Å². The van der Waals surface area contributed by atoms with Crippen LogP contribution in [0.25, 0.3) is 0 Å². The van der Waals surface area contributed by atoms with Gasteiger partial charge in [-0.05, 0) is 31.2 Å². The van der Waals surface area contributed by atoms with E-state index in [9.17, 15) is 0 Å². The predicted octanol–water partition coefficient (Wildman–Crippen LogP) is 0.461. The van der Waals surface area contributed by atoms with Gasteiger partial charge in [0.2, 0.25) is 0 Å². The van der Waals surface area contributed by atoms with Crippen molar-refractivity contribution in [3.63, 3.8) is 0 Å². The summed E-state index contributed by atoms with van der Waals surface area (Å²) in [7, 11) is 0. The van der Waals surface area contributed by atoms with Crippen molar-refractivity contribution in [1.29, 1.82) is 0 Å². The molecule has 1 N–H and O–H groups in total. The monoisotopic (exact) mass is 196 g/mol. The van der Waals surface area contributed by atoms with E-state index in [1.807, 2.05) is 0 Å². The second kappa shape index (κ2) is 3.47. The van der Waals surface area contributed by atoms with Gasteiger partial charge in [-0.15, -0.1) is 0 Å². The molecule has 0 aromatic carbocycles. The summed E-state index contributed by atoms with van der Waals surface area (Å²) in [6.45, 7) is 6.94. The van der Waals surface area contributed by atoms with Crippen molar-refractivity contribution in [2.75, 3.05) is 39.3 Å². The molecule has 0 bridgehead atoms. The highest BCUT2D eigenvalue weighted by molar-refractivity contribution is 5.05. The zero-order chi connectivity index (χ0) is 9.43. The highest BCUT2D eigenvalue weighted by Gasteiger charge is 2.52. The first-order valence-corrected chi connectivity index (χ1v) is 5.91. The molecule has 2 saturated heterocycles. The fraction of sp³-hybridized carbons (Fsp3) is 1.00. The lowest BCUT2D eigenvalue weighted by Gasteiger charge is -2.41. The molecule has 1 spiro atoms. The van der Waals surface area contributed by atoms with Crippen LogP contribution < -0.4 is 5.32 Å². The standard InChI is InChI=1S/C11H20N2O/c1-4-12-6-10(14-5-1)7-13-8-11(9-13)2-3-11/h10,12H,1-9H2. The van der Waals surface area contributed by atoms with Crippen molar-refractivity contribution in [3.05, 3.63) is 0 Å². The van der Waals surface area contributed by atoms with E-state index in [0.717, 1.165) is 31.7 Å². The van der Waals surface area contributed by atoms with Crippen LogP contribution in [0.4, 0.5) is 0 Å². The van der Waals surface area contributed by atoms with E-state index in [2.05, 4.69) is 10.2 Å². The minimum Gasteiger partial charge on any atom is -0.376 e. The van der Waals surface area contributed by atoms with Gasteiger partial charge in [-0.3, -0.25) is 4.90 Å². The van der Waals surface area contributed by atoms with Crippen LogP contribution in [0.1, 0.15) is 19.3 Å². The fourth-order valence-electron chi connectivity index (χ4n) is 2.70. The van der Waals surface area contributed by atoms with Crippen LogP contribution in [-0.2, 0) is 4.74 Å². The molecule has 0 radical (unpaired) electrons. The molecule has 3 aliphatic rings. The Labute approximate surface area is 85.8 Å². The van der Waals surface area contributed by atoms with Crippen molar-refractivity contribution in [2.24, 2.45) is 5.41 Å². The Morgan fingerprint density at radius 2 is 2.21 bits per heavy atom. The molecule has 1 unspecified atom stereocenters. The predicted molar refractivity (Wildman–Crippen MR) is 55.3 cm³/mol. The van der Waals surface area contributed by atoms with Crippen molar-refractivity contribution < 1.29 is 4.74 Å². The van der Waals surface area contributed by atoms with E-state index in [4.69, 9.17) is 4.74 Å². The molecule has 80 valence electrons. The molecule has 3 fully saturated rings. The SMILES string of the molecule is C1CNCC(CN2CC3(CC3)C2)OC1. The number of hydrogen-bond donors (Lipinski definition) is 1. The minimum absolute atomic E-state index is 0.439. The van der Waals surface area contributed by atoms with Gasteiger partial charge in [0.25, 0.3) is 0 Å². The molecule has 0 aromatic rings. The smallest absolute Gasteiger partial charge is 0.0826 e. The van der Waals surface area contributed by atoms with Gasteiger partial charge >= 0.3 is 0 Å². The van der Waals surface area contributed by atoms with Crippen molar-refractivity contribution in [3.8, 4) is 0 Å². The Kier molecular flexibility index (Phi) is 2.26. The Hall–Kier alpha value is -0.120. The van der Waals surface area contributed by atoms with Crippen LogP contribution in [0.3, 0.4) is 0 Å². The fourth-order valence-corrected chi connectivity index (χ4v) is 2.70. The highest BCUT2D eigenvalue weighted by atomic mass is 16.5. The summed E-state index contributed by atoms with van der Waals surface area (Å²) in [4.78, 5) is 2.56. The van der Waals surface area contributed by atoms with E-state index < -0.39 is 0 Å². The summed E-state index contributed by atoms with van der Waals surface area (Å²) in [6, 6.07) is 0. The summed E-state index contributed by atoms with van der Waals surface area (Å²) >= 11 is 0. The molecule has 1 atom stereocenters. The Bertz CT molecular complexity index is 199. The quantitative estimate of drug-likeness (QED) is 0.694. The van der Waals surface area contributed by atoms with Gasteiger partial charge in [-0.25, -0.2) is 0 Å². The van der Waals surface area contributed by atoms with Crippen LogP contribution in [0.15, 0.2) is 0 Å². The number of nitrogens with zero attached hydrogens (tertiary/aromatic N) is 1. The lowest BCUT2D eigenvalue weighted by atomic mass is 9.96. The van der Waals surface area contributed by atoms with Gasteiger partial charge in [-0.2, -0.15) is 0 Å². The first kappa shape index (κ1) is 9.13. The van der Waals surface area contributed by atoms with E-state index in [1.54, 1.807) is 0 Å². The molecule has 1 aliphatic carbocycles. The molecule has 0 amide bonds. The summed E-state index contributed by atoms with van der Waals surface area (Å²) in [5.74, 6) is 0. The number of nitrogens with one attached hydrogen (secondary N) is 1. The normalized spacial score (nSPS) is 36.4. The first-order chi connectivity index (χ1) is 6.86. The second-order valence-corrected chi connectivity index (χ2v) is 5.22. The molecule has 3 nitrogen and oxygen atoms in total. The molecule has 1 saturated carbocycles. The number of ether oxygens (including phenoxy) is 1. The Morgan fingerprint density at radius 1 is 1.36 bits per heavy atom. The van der Waals surface area contributed by atoms with Crippen LogP contribution in [0.2, 0.25) is 0 Å². The van der Waals surface area contributed by atoms with Gasteiger partial charge in [0.15, 0.2) is 0 Å². The molecule has 0 aromatic heterocycles. The zero-order valence-electron chi connectivity index (χ0n) is 8.80. The molecule has 2 heterocycles.